The third-order valence-electron chi connectivity index (χ3n) is 8.55. The van der Waals surface area contributed by atoms with Gasteiger partial charge in [0, 0.05) is 38.6 Å². The molecule has 2 heterocycles. The van der Waals surface area contributed by atoms with Crippen LogP contribution in [0.25, 0.3) is 0 Å². The van der Waals surface area contributed by atoms with Gasteiger partial charge in [0.05, 0.1) is 40.0 Å². The smallest absolute Gasteiger partial charge is 0.321 e. The second-order valence-electron chi connectivity index (χ2n) is 13.5. The average molecular weight is 780 g/mol. The van der Waals surface area contributed by atoms with Crippen molar-refractivity contribution in [3.8, 4) is 5.75 Å². The minimum Gasteiger partial charge on any atom is -0.506 e. The van der Waals surface area contributed by atoms with Crippen molar-refractivity contribution in [2.45, 2.75) is 70.7 Å². The summed E-state index contributed by atoms with van der Waals surface area (Å²) in [6, 6.07) is 10.2. The number of aromatic nitrogens is 1. The first-order valence-corrected chi connectivity index (χ1v) is 20.8. The Labute approximate surface area is 310 Å². The second-order valence-corrected chi connectivity index (χ2v) is 18.1. The first-order valence-electron chi connectivity index (χ1n) is 16.9. The number of carbonyl (C=O) groups excluding carboxylic acids is 2. The lowest BCUT2D eigenvalue weighted by atomic mass is 9.97. The summed E-state index contributed by atoms with van der Waals surface area (Å²) < 4.78 is 57.6. The number of rotatable bonds is 18. The highest BCUT2D eigenvalue weighted by Gasteiger charge is 2.40. The fraction of sp³-hybridized carbons (Fsp3) is 0.500. The van der Waals surface area contributed by atoms with Crippen LogP contribution in [0.3, 0.4) is 0 Å². The molecule has 1 aliphatic heterocycles. The van der Waals surface area contributed by atoms with Gasteiger partial charge < -0.3 is 25.3 Å². The van der Waals surface area contributed by atoms with E-state index >= 15 is 0 Å². The van der Waals surface area contributed by atoms with Crippen LogP contribution in [0.15, 0.2) is 58.8 Å². The Bertz CT molecular complexity index is 1910. The molecule has 1 fully saturated rings. The fourth-order valence-electron chi connectivity index (χ4n) is 6.02. The topological polar surface area (TPSA) is 202 Å². The number of nitrogens with zero attached hydrogens (tertiary/aromatic N) is 4. The van der Waals surface area contributed by atoms with Crippen LogP contribution in [0.2, 0.25) is 0 Å². The number of urea groups is 1. The van der Waals surface area contributed by atoms with Gasteiger partial charge in [-0.1, -0.05) is 58.0 Å². The molecule has 0 bridgehead atoms. The minimum atomic E-state index is -4.38. The summed E-state index contributed by atoms with van der Waals surface area (Å²) in [5, 5.41) is 27.8. The van der Waals surface area contributed by atoms with Crippen LogP contribution in [0.1, 0.15) is 44.0 Å². The van der Waals surface area contributed by atoms with Crippen LogP contribution in [0.4, 0.5) is 10.5 Å². The molecule has 18 heteroatoms. The van der Waals surface area contributed by atoms with E-state index in [4.69, 9.17) is 0 Å². The maximum absolute atomic E-state index is 14.1. The van der Waals surface area contributed by atoms with E-state index in [1.807, 2.05) is 61.2 Å². The van der Waals surface area contributed by atoms with Crippen molar-refractivity contribution in [1.29, 1.82) is 0 Å². The third-order valence-corrected chi connectivity index (χ3v) is 12.2. The molecule has 52 heavy (non-hydrogen) atoms. The Morgan fingerprint density at radius 2 is 1.73 bits per heavy atom. The Balaban J connectivity index is 1.61. The number of amides is 3. The van der Waals surface area contributed by atoms with E-state index in [2.05, 4.69) is 15.0 Å². The Hall–Kier alpha value is -3.81. The molecular weight excluding hydrogens is 731 g/mol. The molecule has 1 aromatic heterocycles. The number of phenolic OH excluding ortho intramolecular Hbond substituents is 1. The van der Waals surface area contributed by atoms with E-state index in [1.165, 1.54) is 16.2 Å². The van der Waals surface area contributed by atoms with Gasteiger partial charge in [-0.2, -0.15) is 12.7 Å². The summed E-state index contributed by atoms with van der Waals surface area (Å²) in [4.78, 5) is 35.0. The predicted molar refractivity (Wildman–Crippen MR) is 199 cm³/mol. The molecule has 3 atom stereocenters. The van der Waals surface area contributed by atoms with E-state index in [1.54, 1.807) is 18.7 Å². The third kappa shape index (κ3) is 10.4. The largest absolute Gasteiger partial charge is 0.506 e. The predicted octanol–water partition coefficient (Wildman–Crippen LogP) is 2.73. The first-order chi connectivity index (χ1) is 24.4. The normalized spacial score (nSPS) is 15.8. The van der Waals surface area contributed by atoms with Gasteiger partial charge >= 0.3 is 6.03 Å². The molecule has 286 valence electrons. The lowest BCUT2D eigenvalue weighted by Gasteiger charge is -2.34. The molecule has 0 aliphatic carbocycles. The zero-order valence-electron chi connectivity index (χ0n) is 30.2. The monoisotopic (exact) mass is 779 g/mol. The zero-order valence-corrected chi connectivity index (χ0v) is 32.6. The summed E-state index contributed by atoms with van der Waals surface area (Å²) >= 11 is 1.50. The van der Waals surface area contributed by atoms with Gasteiger partial charge in [-0.15, -0.1) is 11.3 Å². The van der Waals surface area contributed by atoms with Crippen LogP contribution >= 0.6 is 11.3 Å². The number of aryl methyl sites for hydroxylation is 1. The van der Waals surface area contributed by atoms with Gasteiger partial charge in [0.15, 0.2) is 0 Å². The summed E-state index contributed by atoms with van der Waals surface area (Å²) in [5.41, 5.74) is 1.21. The van der Waals surface area contributed by atoms with Gasteiger partial charge in [0.1, 0.15) is 11.8 Å². The number of thiazole rings is 1. The lowest BCUT2D eigenvalue weighted by molar-refractivity contribution is -0.128. The standard InChI is InChI=1S/C34H49N7O8S3/c1-22(2)18-40(51(46,47)27-12-13-30(42)29(17-27)38-52(48,49)35-6)20-31(43)28(16-25-10-8-7-9-11-25)37-33(44)32(23(3)4)41-15-14-39(34(41)45)19-26-21-50-24(5)36-26/h7-13,17,21-23,28,31-32,35,38,42-43H,14-16,18-20H2,1-6H3,(H,37,44)/t28-,31-,32-/m0/s1. The molecule has 1 saturated heterocycles. The number of aliphatic hydroxyl groups is 1. The number of hydrogen-bond donors (Lipinski definition) is 5. The van der Waals surface area contributed by atoms with E-state index in [0.717, 1.165) is 45.8 Å². The maximum Gasteiger partial charge on any atom is 0.321 e. The molecular formula is C34H49N7O8S3. The Kier molecular flexibility index (Phi) is 13.7. The maximum atomic E-state index is 14.1. The van der Waals surface area contributed by atoms with E-state index in [-0.39, 0.29) is 41.4 Å². The van der Waals surface area contributed by atoms with Crippen LogP contribution in [-0.4, -0.2) is 109 Å². The highest BCUT2D eigenvalue weighted by Crippen LogP contribution is 2.29. The molecule has 3 aromatic rings. The van der Waals surface area contributed by atoms with Crippen LogP contribution in [-0.2, 0) is 38.0 Å². The SMILES string of the molecule is CNS(=O)(=O)Nc1cc(S(=O)(=O)N(CC(C)C)C[C@H](O)[C@H](Cc2ccccc2)NC(=O)[C@H](C(C)C)N2CCN(Cc3csc(C)n3)C2=O)ccc1O. The van der Waals surface area contributed by atoms with Crippen molar-refractivity contribution in [2.75, 3.05) is 37.9 Å². The molecule has 2 aromatic carbocycles. The van der Waals surface area contributed by atoms with E-state index in [0.29, 0.717) is 19.6 Å². The van der Waals surface area contributed by atoms with Gasteiger partial charge in [-0.05, 0) is 48.9 Å². The number of sulfonamides is 1. The highest BCUT2D eigenvalue weighted by atomic mass is 32.2. The van der Waals surface area contributed by atoms with Gasteiger partial charge in [0.25, 0.3) is 10.2 Å². The fourth-order valence-corrected chi connectivity index (χ4v) is 8.83. The van der Waals surface area contributed by atoms with Gasteiger partial charge in [0.2, 0.25) is 15.9 Å². The number of carbonyl (C=O) groups is 2. The Morgan fingerprint density at radius 1 is 1.04 bits per heavy atom. The van der Waals surface area contributed by atoms with Crippen LogP contribution in [0, 0.1) is 18.8 Å². The molecule has 3 amide bonds. The quantitative estimate of drug-likeness (QED) is 0.120. The Morgan fingerprint density at radius 3 is 2.33 bits per heavy atom. The van der Waals surface area contributed by atoms with E-state index < -0.39 is 56.6 Å². The molecule has 0 unspecified atom stereocenters. The molecule has 4 rings (SSSR count). The number of phenols is 1. The lowest BCUT2D eigenvalue weighted by Crippen LogP contribution is -2.57. The first kappa shape index (κ1) is 41.0. The van der Waals surface area contributed by atoms with Gasteiger partial charge in [-0.3, -0.25) is 9.52 Å². The van der Waals surface area contributed by atoms with Crippen LogP contribution in [0.5, 0.6) is 5.75 Å². The number of hydrogen-bond acceptors (Lipinski definition) is 10. The molecule has 1 aliphatic rings. The zero-order chi connectivity index (χ0) is 38.4. The second kappa shape index (κ2) is 17.3. The van der Waals surface area contributed by atoms with Crippen molar-refractivity contribution in [1.82, 2.24) is 29.1 Å². The number of aromatic hydroxyl groups is 1. The summed E-state index contributed by atoms with van der Waals surface area (Å²) in [6.07, 6.45) is -1.25. The number of aliphatic hydroxyl groups excluding tert-OH is 1. The van der Waals surface area contributed by atoms with Crippen molar-refractivity contribution >= 4 is 49.2 Å². The minimum absolute atomic E-state index is 0.0188. The van der Waals surface area contributed by atoms with Crippen molar-refractivity contribution in [2.24, 2.45) is 11.8 Å². The van der Waals surface area contributed by atoms with Gasteiger partial charge in [-0.25, -0.2) is 22.9 Å². The molecule has 5 N–H and O–H groups in total. The van der Waals surface area contributed by atoms with Crippen LogP contribution < -0.4 is 14.8 Å². The average Bonchev–Trinajstić information content (AvgIpc) is 3.65. The summed E-state index contributed by atoms with van der Waals surface area (Å²) in [7, 11) is -7.31. The van der Waals surface area contributed by atoms with Crippen molar-refractivity contribution in [3.63, 3.8) is 0 Å². The highest BCUT2D eigenvalue weighted by molar-refractivity contribution is 7.90. The number of benzene rings is 2. The molecule has 15 nitrogen and oxygen atoms in total. The van der Waals surface area contributed by atoms with Crippen molar-refractivity contribution in [3.05, 3.63) is 70.2 Å². The molecule has 0 saturated carbocycles. The summed E-state index contributed by atoms with van der Waals surface area (Å²) in [5.74, 6) is -1.45. The summed E-state index contributed by atoms with van der Waals surface area (Å²) in [6.45, 7) is 9.81. The molecule has 0 spiro atoms. The van der Waals surface area contributed by atoms with Crippen molar-refractivity contribution < 1.29 is 36.6 Å². The van der Waals surface area contributed by atoms with E-state index in [9.17, 15) is 36.6 Å². The molecule has 0 radical (unpaired) electrons. The number of nitrogens with one attached hydrogen (secondary N) is 3. The number of anilines is 1.